The molecule has 3 N–H and O–H groups in total. The van der Waals surface area contributed by atoms with Crippen LogP contribution in [0.5, 0.6) is 0 Å². The number of aromatic amines is 2. The molecule has 6 nitrogen and oxygen atoms in total. The molecule has 1 amide bonds. The summed E-state index contributed by atoms with van der Waals surface area (Å²) in [7, 11) is 0. The number of thioether (sulfide) groups is 1. The van der Waals surface area contributed by atoms with Crippen LogP contribution in [0.4, 0.5) is 0 Å². The summed E-state index contributed by atoms with van der Waals surface area (Å²) in [5.41, 5.74) is 0.302. The van der Waals surface area contributed by atoms with E-state index in [9.17, 15) is 14.4 Å². The topological polar surface area (TPSA) is 94.8 Å². The lowest BCUT2D eigenvalue weighted by Crippen LogP contribution is -2.34. The Morgan fingerprint density at radius 2 is 2.00 bits per heavy atom. The molecule has 0 fully saturated rings. The molecule has 2 aromatic rings. The fourth-order valence-corrected chi connectivity index (χ4v) is 2.77. The van der Waals surface area contributed by atoms with Crippen LogP contribution in [-0.4, -0.2) is 21.1 Å². The van der Waals surface area contributed by atoms with E-state index in [0.717, 1.165) is 5.56 Å². The van der Waals surface area contributed by atoms with Gasteiger partial charge < -0.3 is 10.3 Å². The monoisotopic (exact) mass is 353 g/mol. The van der Waals surface area contributed by atoms with Gasteiger partial charge in [-0.3, -0.25) is 14.6 Å². The van der Waals surface area contributed by atoms with Gasteiger partial charge in [0.2, 0.25) is 5.91 Å². The van der Waals surface area contributed by atoms with Crippen LogP contribution in [0.1, 0.15) is 18.1 Å². The first-order valence-electron chi connectivity index (χ1n) is 6.90. The van der Waals surface area contributed by atoms with Crippen molar-refractivity contribution in [2.75, 3.05) is 0 Å². The molecular formula is C15H16ClN3O3S. The first-order valence-corrected chi connectivity index (χ1v) is 8.33. The van der Waals surface area contributed by atoms with Crippen LogP contribution in [0.25, 0.3) is 0 Å². The zero-order chi connectivity index (χ0) is 16.8. The molecule has 1 aromatic heterocycles. The number of carbonyl (C=O) groups is 1. The van der Waals surface area contributed by atoms with Gasteiger partial charge in [-0.25, -0.2) is 4.79 Å². The molecule has 0 unspecified atom stereocenters. The van der Waals surface area contributed by atoms with Crippen molar-refractivity contribution in [1.29, 1.82) is 0 Å². The predicted octanol–water partition coefficient (Wildman–Crippen LogP) is 1.65. The van der Waals surface area contributed by atoms with E-state index in [4.69, 9.17) is 11.6 Å². The average Bonchev–Trinajstić information content (AvgIpc) is 2.53. The predicted molar refractivity (Wildman–Crippen MR) is 91.7 cm³/mol. The average molecular weight is 354 g/mol. The molecule has 0 radical (unpaired) electrons. The van der Waals surface area contributed by atoms with Crippen molar-refractivity contribution in [3.8, 4) is 0 Å². The minimum atomic E-state index is -0.572. The summed E-state index contributed by atoms with van der Waals surface area (Å²) in [5.74, 6) is 0.514. The third kappa shape index (κ3) is 5.30. The zero-order valence-electron chi connectivity index (χ0n) is 12.4. The smallest absolute Gasteiger partial charge is 0.325 e. The third-order valence-electron chi connectivity index (χ3n) is 3.13. The number of benzene rings is 1. The second kappa shape index (κ2) is 8.03. The number of hydrogen-bond acceptors (Lipinski definition) is 4. The lowest BCUT2D eigenvalue weighted by atomic mass is 10.2. The molecule has 0 spiro atoms. The highest BCUT2D eigenvalue weighted by Gasteiger charge is 2.13. The Balaban J connectivity index is 1.83. The number of H-pyrrole nitrogens is 2. The maximum absolute atomic E-state index is 12.0. The molecule has 0 saturated heterocycles. The number of nitrogens with one attached hydrogen (secondary N) is 3. The van der Waals surface area contributed by atoms with E-state index in [1.807, 2.05) is 24.3 Å². The fraction of sp³-hybridized carbons (Fsp3) is 0.267. The summed E-state index contributed by atoms with van der Waals surface area (Å²) in [5, 5.41) is 3.09. The molecule has 122 valence electrons. The van der Waals surface area contributed by atoms with E-state index in [1.54, 1.807) is 6.92 Å². The lowest BCUT2D eigenvalue weighted by Gasteiger charge is -2.11. The minimum absolute atomic E-state index is 0.0663. The van der Waals surface area contributed by atoms with Gasteiger partial charge in [0, 0.05) is 23.5 Å². The first kappa shape index (κ1) is 17.4. The number of aromatic nitrogens is 2. The second-order valence-electron chi connectivity index (χ2n) is 4.89. The van der Waals surface area contributed by atoms with Gasteiger partial charge in [0.05, 0.1) is 10.8 Å². The maximum atomic E-state index is 12.0. The summed E-state index contributed by atoms with van der Waals surface area (Å²) in [6.45, 7) is 1.86. The number of rotatable bonds is 6. The largest absolute Gasteiger partial charge is 0.351 e. The molecule has 23 heavy (non-hydrogen) atoms. The van der Waals surface area contributed by atoms with Crippen LogP contribution in [0, 0.1) is 0 Å². The Hall–Kier alpha value is -1.99. The number of hydrogen-bond donors (Lipinski definition) is 3. The van der Waals surface area contributed by atoms with E-state index in [2.05, 4.69) is 15.3 Å². The van der Waals surface area contributed by atoms with E-state index in [0.29, 0.717) is 16.3 Å². The molecule has 8 heteroatoms. The molecule has 1 heterocycles. The standard InChI is InChI=1S/C15H16ClN3O3S/c1-9(23-8-10-2-4-12(16)5-3-10)13(20)17-6-11-7-18-15(22)19-14(11)21/h2-5,7,9H,6,8H2,1H3,(H,17,20)(H2,18,19,21,22)/t9-/m1/s1. The van der Waals surface area contributed by atoms with Gasteiger partial charge in [0.25, 0.3) is 5.56 Å². The Bertz CT molecular complexity index is 786. The van der Waals surface area contributed by atoms with Crippen molar-refractivity contribution in [1.82, 2.24) is 15.3 Å². The highest BCUT2D eigenvalue weighted by molar-refractivity contribution is 7.99. The van der Waals surface area contributed by atoms with Gasteiger partial charge >= 0.3 is 5.69 Å². The Labute approximate surface area is 141 Å². The molecule has 1 atom stereocenters. The SMILES string of the molecule is C[C@@H](SCc1ccc(Cl)cc1)C(=O)NCc1c[nH]c(=O)[nH]c1=O. The van der Waals surface area contributed by atoms with Gasteiger partial charge in [-0.05, 0) is 24.6 Å². The van der Waals surface area contributed by atoms with Crippen molar-refractivity contribution >= 4 is 29.3 Å². The molecule has 0 aliphatic heterocycles. The third-order valence-corrected chi connectivity index (χ3v) is 4.60. The van der Waals surface area contributed by atoms with Crippen LogP contribution >= 0.6 is 23.4 Å². The molecule has 2 rings (SSSR count). The number of halogens is 1. The van der Waals surface area contributed by atoms with Gasteiger partial charge in [0.1, 0.15) is 0 Å². The van der Waals surface area contributed by atoms with Crippen LogP contribution < -0.4 is 16.6 Å². The van der Waals surface area contributed by atoms with E-state index in [1.165, 1.54) is 18.0 Å². The summed E-state index contributed by atoms with van der Waals surface area (Å²) in [6, 6.07) is 7.45. The molecule has 0 saturated carbocycles. The van der Waals surface area contributed by atoms with Gasteiger partial charge in [-0.1, -0.05) is 23.7 Å². The summed E-state index contributed by atoms with van der Waals surface area (Å²) in [4.78, 5) is 38.9. The van der Waals surface area contributed by atoms with E-state index < -0.39 is 11.2 Å². The Morgan fingerprint density at radius 1 is 1.30 bits per heavy atom. The number of amides is 1. The highest BCUT2D eigenvalue weighted by atomic mass is 35.5. The van der Waals surface area contributed by atoms with Crippen LogP contribution in [0.15, 0.2) is 40.1 Å². The lowest BCUT2D eigenvalue weighted by molar-refractivity contribution is -0.120. The first-order chi connectivity index (χ1) is 11.0. The Kier molecular flexibility index (Phi) is 6.06. The summed E-state index contributed by atoms with van der Waals surface area (Å²) in [6.07, 6.45) is 1.30. The maximum Gasteiger partial charge on any atom is 0.325 e. The van der Waals surface area contributed by atoms with E-state index >= 15 is 0 Å². The summed E-state index contributed by atoms with van der Waals surface area (Å²) < 4.78 is 0. The molecule has 0 bridgehead atoms. The highest BCUT2D eigenvalue weighted by Crippen LogP contribution is 2.19. The Morgan fingerprint density at radius 3 is 2.65 bits per heavy atom. The van der Waals surface area contributed by atoms with Crippen molar-refractivity contribution in [3.63, 3.8) is 0 Å². The van der Waals surface area contributed by atoms with E-state index in [-0.39, 0.29) is 17.7 Å². The molecule has 1 aromatic carbocycles. The number of carbonyl (C=O) groups excluding carboxylic acids is 1. The second-order valence-corrected chi connectivity index (χ2v) is 6.66. The van der Waals surface area contributed by atoms with Gasteiger partial charge in [-0.15, -0.1) is 11.8 Å². The normalized spacial score (nSPS) is 11.9. The van der Waals surface area contributed by atoms with Crippen LogP contribution in [0.3, 0.4) is 0 Å². The van der Waals surface area contributed by atoms with Crippen molar-refractivity contribution < 1.29 is 4.79 Å². The fourth-order valence-electron chi connectivity index (χ4n) is 1.77. The molecular weight excluding hydrogens is 338 g/mol. The van der Waals surface area contributed by atoms with Crippen molar-refractivity contribution in [2.45, 2.75) is 24.5 Å². The summed E-state index contributed by atoms with van der Waals surface area (Å²) >= 11 is 7.31. The van der Waals surface area contributed by atoms with Gasteiger partial charge in [-0.2, -0.15) is 0 Å². The van der Waals surface area contributed by atoms with Crippen LogP contribution in [0.2, 0.25) is 5.02 Å². The van der Waals surface area contributed by atoms with Gasteiger partial charge in [0.15, 0.2) is 0 Å². The van der Waals surface area contributed by atoms with Crippen molar-refractivity contribution in [3.05, 3.63) is 67.4 Å². The quantitative estimate of drug-likeness (QED) is 0.736. The van der Waals surface area contributed by atoms with Crippen molar-refractivity contribution in [2.24, 2.45) is 0 Å². The zero-order valence-corrected chi connectivity index (χ0v) is 14.0. The molecule has 0 aliphatic carbocycles. The minimum Gasteiger partial charge on any atom is -0.351 e. The van der Waals surface area contributed by atoms with Crippen LogP contribution in [-0.2, 0) is 17.1 Å². The molecule has 0 aliphatic rings.